The van der Waals surface area contributed by atoms with Gasteiger partial charge in [-0.3, -0.25) is 0 Å². The van der Waals surface area contributed by atoms with Crippen molar-refractivity contribution in [2.45, 2.75) is 32.2 Å². The number of aromatic nitrogens is 5. The van der Waals surface area contributed by atoms with Crippen molar-refractivity contribution in [3.05, 3.63) is 83.4 Å². The van der Waals surface area contributed by atoms with Crippen LogP contribution >= 0.6 is 0 Å². The van der Waals surface area contributed by atoms with E-state index in [4.69, 9.17) is 0 Å². The molecule has 154 valence electrons. The van der Waals surface area contributed by atoms with Gasteiger partial charge in [0.2, 0.25) is 0 Å². The summed E-state index contributed by atoms with van der Waals surface area (Å²) in [7, 11) is -3.90. The fourth-order valence-electron chi connectivity index (χ4n) is 3.39. The van der Waals surface area contributed by atoms with Gasteiger partial charge < -0.3 is 0 Å². The molecule has 4 aromatic rings. The van der Waals surface area contributed by atoms with Gasteiger partial charge in [0.05, 0.1) is 23.6 Å². The first-order valence-electron chi connectivity index (χ1n) is 9.43. The molecule has 8 nitrogen and oxygen atoms in total. The summed E-state index contributed by atoms with van der Waals surface area (Å²) in [6.45, 7) is 5.92. The molecule has 4 rings (SSSR count). The lowest BCUT2D eigenvalue weighted by molar-refractivity contribution is 0.599. The Morgan fingerprint density at radius 2 is 1.63 bits per heavy atom. The Hall–Kier alpha value is -3.46. The highest BCUT2D eigenvalue weighted by Gasteiger charge is 2.26. The Morgan fingerprint density at radius 1 is 0.933 bits per heavy atom. The molecule has 0 amide bonds. The summed E-state index contributed by atoms with van der Waals surface area (Å²) in [5.74, 6) is 0.0230. The monoisotopic (exact) mass is 422 g/mol. The SMILES string of the molecule is Cc1ccccc1Cn1cnc(NS(=O)(=O)c2c(C)nn(-c3ccccc3)c2C)n1. The van der Waals surface area contributed by atoms with Crippen molar-refractivity contribution in [3.63, 3.8) is 0 Å². The summed E-state index contributed by atoms with van der Waals surface area (Å²) in [5.41, 5.74) is 3.94. The number of aryl methyl sites for hydroxylation is 2. The first-order valence-corrected chi connectivity index (χ1v) is 10.9. The van der Waals surface area contributed by atoms with Crippen LogP contribution in [0.4, 0.5) is 5.95 Å². The minimum absolute atomic E-state index is 0.0230. The number of anilines is 1. The van der Waals surface area contributed by atoms with E-state index in [9.17, 15) is 8.42 Å². The number of benzene rings is 2. The van der Waals surface area contributed by atoms with Crippen LogP contribution in [0.25, 0.3) is 5.69 Å². The number of sulfonamides is 1. The molecule has 0 saturated carbocycles. The molecule has 9 heteroatoms. The summed E-state index contributed by atoms with van der Waals surface area (Å²) in [5, 5.41) is 8.68. The van der Waals surface area contributed by atoms with Crippen molar-refractivity contribution < 1.29 is 8.42 Å². The van der Waals surface area contributed by atoms with E-state index in [-0.39, 0.29) is 10.8 Å². The number of hydrogen-bond acceptors (Lipinski definition) is 5. The van der Waals surface area contributed by atoms with Crippen LogP contribution in [-0.4, -0.2) is 33.0 Å². The van der Waals surface area contributed by atoms with E-state index < -0.39 is 10.0 Å². The molecule has 0 unspecified atom stereocenters. The summed E-state index contributed by atoms with van der Waals surface area (Å²) in [6.07, 6.45) is 1.51. The van der Waals surface area contributed by atoms with Crippen LogP contribution in [0.2, 0.25) is 0 Å². The number of para-hydroxylation sites is 1. The average Bonchev–Trinajstić information content (AvgIpc) is 3.27. The molecule has 0 aliphatic rings. The molecule has 2 heterocycles. The molecular weight excluding hydrogens is 400 g/mol. The topological polar surface area (TPSA) is 94.7 Å². The Morgan fingerprint density at radius 3 is 2.37 bits per heavy atom. The quantitative estimate of drug-likeness (QED) is 0.515. The highest BCUT2D eigenvalue weighted by Crippen LogP contribution is 2.24. The summed E-state index contributed by atoms with van der Waals surface area (Å²) in [6, 6.07) is 17.4. The third-order valence-corrected chi connectivity index (χ3v) is 6.43. The molecule has 0 radical (unpaired) electrons. The van der Waals surface area contributed by atoms with Crippen LogP contribution in [0.3, 0.4) is 0 Å². The third kappa shape index (κ3) is 3.84. The third-order valence-electron chi connectivity index (χ3n) is 4.85. The van der Waals surface area contributed by atoms with E-state index >= 15 is 0 Å². The molecule has 0 fully saturated rings. The highest BCUT2D eigenvalue weighted by atomic mass is 32.2. The Kier molecular flexibility index (Phi) is 5.13. The summed E-state index contributed by atoms with van der Waals surface area (Å²) < 4.78 is 31.8. The molecule has 0 aliphatic heterocycles. The highest BCUT2D eigenvalue weighted by molar-refractivity contribution is 7.92. The summed E-state index contributed by atoms with van der Waals surface area (Å²) >= 11 is 0. The zero-order valence-electron chi connectivity index (χ0n) is 16.9. The first kappa shape index (κ1) is 19.8. The fourth-order valence-corrected chi connectivity index (χ4v) is 4.73. The largest absolute Gasteiger partial charge is 0.267 e. The Bertz CT molecular complexity index is 1290. The van der Waals surface area contributed by atoms with Gasteiger partial charge in [0.1, 0.15) is 11.2 Å². The second-order valence-electron chi connectivity index (χ2n) is 7.05. The van der Waals surface area contributed by atoms with Gasteiger partial charge in [0.15, 0.2) is 0 Å². The number of nitrogens with one attached hydrogen (secondary N) is 1. The number of rotatable bonds is 6. The van der Waals surface area contributed by atoms with Crippen LogP contribution in [0.5, 0.6) is 0 Å². The van der Waals surface area contributed by atoms with Gasteiger partial charge in [-0.25, -0.2) is 22.5 Å². The van der Waals surface area contributed by atoms with Crippen LogP contribution in [0.15, 0.2) is 65.8 Å². The number of hydrogen-bond donors (Lipinski definition) is 1. The van der Waals surface area contributed by atoms with Gasteiger partial charge in [-0.1, -0.05) is 42.5 Å². The lowest BCUT2D eigenvalue weighted by Crippen LogP contribution is -2.16. The van der Waals surface area contributed by atoms with Gasteiger partial charge in [-0.05, 0) is 44.0 Å². The molecule has 0 spiro atoms. The van der Waals surface area contributed by atoms with Crippen molar-refractivity contribution >= 4 is 16.0 Å². The molecule has 0 saturated heterocycles. The molecule has 0 aliphatic carbocycles. The maximum absolute atomic E-state index is 13.1. The van der Waals surface area contributed by atoms with E-state index in [1.54, 1.807) is 23.2 Å². The fraction of sp³-hybridized carbons (Fsp3) is 0.190. The smallest absolute Gasteiger partial charge is 0.246 e. The van der Waals surface area contributed by atoms with Crippen molar-refractivity contribution in [2.75, 3.05) is 4.72 Å². The Labute approximate surface area is 175 Å². The van der Waals surface area contributed by atoms with Crippen LogP contribution in [0.1, 0.15) is 22.5 Å². The zero-order valence-corrected chi connectivity index (χ0v) is 17.8. The molecule has 0 bridgehead atoms. The normalized spacial score (nSPS) is 11.6. The van der Waals surface area contributed by atoms with Gasteiger partial charge in [-0.2, -0.15) is 10.1 Å². The average molecular weight is 423 g/mol. The van der Waals surface area contributed by atoms with Crippen molar-refractivity contribution in [3.8, 4) is 5.69 Å². The van der Waals surface area contributed by atoms with E-state index in [2.05, 4.69) is 19.9 Å². The van der Waals surface area contributed by atoms with Gasteiger partial charge in [0, 0.05) is 0 Å². The first-order chi connectivity index (χ1) is 14.3. The molecule has 30 heavy (non-hydrogen) atoms. The van der Waals surface area contributed by atoms with Crippen LogP contribution in [0, 0.1) is 20.8 Å². The molecule has 2 aromatic carbocycles. The standard InChI is InChI=1S/C21H22N6O2S/c1-15-9-7-8-10-18(15)13-26-14-22-21(24-26)25-30(28,29)20-16(2)23-27(17(20)3)19-11-5-4-6-12-19/h4-12,14H,13H2,1-3H3,(H,24,25). The number of nitrogens with zero attached hydrogens (tertiary/aromatic N) is 5. The Balaban J connectivity index is 1.59. The second kappa shape index (κ2) is 7.75. The zero-order chi connectivity index (χ0) is 21.3. The maximum Gasteiger partial charge on any atom is 0.267 e. The van der Waals surface area contributed by atoms with Gasteiger partial charge in [-0.15, -0.1) is 5.10 Å². The van der Waals surface area contributed by atoms with Gasteiger partial charge in [0.25, 0.3) is 16.0 Å². The molecule has 2 aromatic heterocycles. The van der Waals surface area contributed by atoms with Crippen molar-refractivity contribution in [1.29, 1.82) is 0 Å². The summed E-state index contributed by atoms with van der Waals surface area (Å²) in [4.78, 5) is 4.24. The van der Waals surface area contributed by atoms with E-state index in [0.717, 1.165) is 16.8 Å². The van der Waals surface area contributed by atoms with Crippen molar-refractivity contribution in [2.24, 2.45) is 0 Å². The van der Waals surface area contributed by atoms with E-state index in [1.165, 1.54) is 6.33 Å². The van der Waals surface area contributed by atoms with E-state index in [0.29, 0.717) is 17.9 Å². The predicted molar refractivity (Wildman–Crippen MR) is 114 cm³/mol. The predicted octanol–water partition coefficient (Wildman–Crippen LogP) is 3.24. The maximum atomic E-state index is 13.1. The lowest BCUT2D eigenvalue weighted by Gasteiger charge is -2.07. The van der Waals surface area contributed by atoms with E-state index in [1.807, 2.05) is 61.5 Å². The lowest BCUT2D eigenvalue weighted by atomic mass is 10.1. The molecule has 0 atom stereocenters. The van der Waals surface area contributed by atoms with Crippen LogP contribution in [-0.2, 0) is 16.6 Å². The van der Waals surface area contributed by atoms with Gasteiger partial charge >= 0.3 is 0 Å². The van der Waals surface area contributed by atoms with Crippen molar-refractivity contribution in [1.82, 2.24) is 24.5 Å². The minimum atomic E-state index is -3.90. The van der Waals surface area contributed by atoms with Crippen LogP contribution < -0.4 is 4.72 Å². The second-order valence-corrected chi connectivity index (χ2v) is 8.66. The molecular formula is C21H22N6O2S. The minimum Gasteiger partial charge on any atom is -0.246 e. The molecule has 1 N–H and O–H groups in total.